The molecule has 6 heteroatoms. The second-order valence-electron chi connectivity index (χ2n) is 1.92. The van der Waals surface area contributed by atoms with E-state index in [-0.39, 0.29) is 0 Å². The highest BCUT2D eigenvalue weighted by atomic mass is 32.1. The van der Waals surface area contributed by atoms with Gasteiger partial charge in [-0.3, -0.25) is 0 Å². The number of rotatable bonds is 2. The first-order valence-electron chi connectivity index (χ1n) is 3.03. The van der Waals surface area contributed by atoms with Crippen molar-refractivity contribution in [2.45, 2.75) is 6.42 Å². The van der Waals surface area contributed by atoms with Gasteiger partial charge in [0, 0.05) is 6.42 Å². The van der Waals surface area contributed by atoms with Crippen LogP contribution >= 0.6 is 37.1 Å². The quantitative estimate of drug-likeness (QED) is 0.508. The average molecular weight is 205 g/mol. The van der Waals surface area contributed by atoms with Gasteiger partial charge >= 0.3 is 0 Å². The fraction of sp³-hybridized carbons (Fsp3) is 0.400. The van der Waals surface area contributed by atoms with Gasteiger partial charge in [0.15, 0.2) is 4.77 Å². The summed E-state index contributed by atoms with van der Waals surface area (Å²) in [7, 11) is 0. The van der Waals surface area contributed by atoms with Crippen molar-refractivity contribution >= 4 is 37.1 Å². The van der Waals surface area contributed by atoms with Crippen LogP contribution in [0.4, 0.5) is 0 Å². The molecule has 0 aliphatic carbocycles. The van der Waals surface area contributed by atoms with Crippen molar-refractivity contribution in [1.82, 2.24) is 15.0 Å². The third kappa shape index (κ3) is 2.72. The van der Waals surface area contributed by atoms with E-state index in [1.54, 1.807) is 0 Å². The second-order valence-corrected chi connectivity index (χ2v) is 3.16. The number of thiol groups is 1. The van der Waals surface area contributed by atoms with E-state index >= 15 is 0 Å². The Morgan fingerprint density at radius 2 is 2.09 bits per heavy atom. The minimum atomic E-state index is 0.422. The van der Waals surface area contributed by atoms with E-state index in [1.807, 2.05) is 0 Å². The van der Waals surface area contributed by atoms with E-state index < -0.39 is 0 Å². The Balaban J connectivity index is 3.09. The second kappa shape index (κ2) is 3.99. The Morgan fingerprint density at radius 3 is 2.64 bits per heavy atom. The zero-order valence-corrected chi connectivity index (χ0v) is 8.15. The van der Waals surface area contributed by atoms with Gasteiger partial charge in [0.05, 0.1) is 0 Å². The lowest BCUT2D eigenvalue weighted by Crippen LogP contribution is -1.98. The summed E-state index contributed by atoms with van der Waals surface area (Å²) < 4.78 is 0.937. The fourth-order valence-corrected chi connectivity index (χ4v) is 1.37. The highest BCUT2D eigenvalue weighted by molar-refractivity contribution is 7.80. The molecule has 11 heavy (non-hydrogen) atoms. The molecule has 0 atom stereocenters. The minimum absolute atomic E-state index is 0.422. The first-order chi connectivity index (χ1) is 5.22. The van der Waals surface area contributed by atoms with Gasteiger partial charge in [-0.2, -0.15) is 12.6 Å². The van der Waals surface area contributed by atoms with Crippen LogP contribution in [0.5, 0.6) is 0 Å². The first kappa shape index (κ1) is 8.89. The van der Waals surface area contributed by atoms with E-state index in [4.69, 9.17) is 24.4 Å². The van der Waals surface area contributed by atoms with Crippen molar-refractivity contribution in [3.63, 3.8) is 0 Å². The van der Waals surface area contributed by atoms with E-state index in [2.05, 4.69) is 27.6 Å². The molecule has 0 radical (unpaired) electrons. The van der Waals surface area contributed by atoms with Gasteiger partial charge in [-0.15, -0.1) is 0 Å². The topological polar surface area (TPSA) is 44.5 Å². The van der Waals surface area contributed by atoms with Crippen LogP contribution in [-0.2, 0) is 6.42 Å². The molecule has 0 amide bonds. The van der Waals surface area contributed by atoms with E-state index in [0.717, 1.165) is 18.0 Å². The molecule has 1 heterocycles. The number of H-pyrrole nitrogens is 2. The summed E-state index contributed by atoms with van der Waals surface area (Å²) in [5.41, 5.74) is 0. The van der Waals surface area contributed by atoms with Gasteiger partial charge in [0.1, 0.15) is 5.82 Å². The molecule has 1 aromatic heterocycles. The standard InChI is InChI=1S/C5H7N3S3/c9-2-1-3-6-4(10)8-5(11)7-3/h9H,1-2H2,(H2,6,7,8,10,11). The lowest BCUT2D eigenvalue weighted by molar-refractivity contribution is 0.880. The van der Waals surface area contributed by atoms with Crippen LogP contribution in [0.15, 0.2) is 0 Å². The Labute approximate surface area is 79.7 Å². The summed E-state index contributed by atoms with van der Waals surface area (Å²) in [6.07, 6.45) is 0.755. The van der Waals surface area contributed by atoms with Crippen LogP contribution in [0.3, 0.4) is 0 Å². The molecular formula is C5H7N3S3. The maximum atomic E-state index is 4.86. The maximum Gasteiger partial charge on any atom is 0.200 e. The molecule has 0 aliphatic heterocycles. The Kier molecular flexibility index (Phi) is 3.22. The fourth-order valence-electron chi connectivity index (χ4n) is 0.662. The van der Waals surface area contributed by atoms with Crippen LogP contribution in [0.25, 0.3) is 0 Å². The molecule has 0 aromatic carbocycles. The van der Waals surface area contributed by atoms with Gasteiger partial charge in [-0.25, -0.2) is 4.98 Å². The smallest absolute Gasteiger partial charge is 0.200 e. The molecule has 0 saturated carbocycles. The monoisotopic (exact) mass is 205 g/mol. The lowest BCUT2D eigenvalue weighted by Gasteiger charge is -1.95. The average Bonchev–Trinajstić information content (AvgIpc) is 1.85. The summed E-state index contributed by atoms with van der Waals surface area (Å²) in [6.45, 7) is 0. The molecule has 60 valence electrons. The van der Waals surface area contributed by atoms with Crippen molar-refractivity contribution in [3.8, 4) is 0 Å². The predicted octanol–water partition coefficient (Wildman–Crippen LogP) is 1.67. The maximum absolute atomic E-state index is 4.86. The van der Waals surface area contributed by atoms with Crippen molar-refractivity contribution in [2.24, 2.45) is 0 Å². The summed E-state index contributed by atoms with van der Waals surface area (Å²) in [5.74, 6) is 1.52. The normalized spacial score (nSPS) is 9.91. The number of aromatic nitrogens is 3. The summed E-state index contributed by atoms with van der Waals surface area (Å²) in [5, 5.41) is 0. The summed E-state index contributed by atoms with van der Waals surface area (Å²) >= 11 is 13.7. The summed E-state index contributed by atoms with van der Waals surface area (Å²) in [6, 6.07) is 0. The highest BCUT2D eigenvalue weighted by Gasteiger charge is 1.91. The molecule has 0 spiro atoms. The van der Waals surface area contributed by atoms with Gasteiger partial charge < -0.3 is 9.97 Å². The number of aromatic amines is 2. The van der Waals surface area contributed by atoms with Crippen LogP contribution < -0.4 is 0 Å². The molecule has 0 aliphatic rings. The number of nitrogens with one attached hydrogen (secondary N) is 2. The molecule has 0 fully saturated rings. The molecule has 1 aromatic rings. The predicted molar refractivity (Wildman–Crippen MR) is 52.2 cm³/mol. The van der Waals surface area contributed by atoms with Crippen LogP contribution in [0, 0.1) is 9.54 Å². The molecule has 3 nitrogen and oxygen atoms in total. The van der Waals surface area contributed by atoms with Crippen LogP contribution in [-0.4, -0.2) is 20.7 Å². The van der Waals surface area contributed by atoms with Crippen molar-refractivity contribution < 1.29 is 0 Å². The number of aryl methyl sites for hydroxylation is 1. The zero-order valence-electron chi connectivity index (χ0n) is 5.63. The van der Waals surface area contributed by atoms with Gasteiger partial charge in [-0.05, 0) is 30.2 Å². The Bertz CT molecular complexity index is 311. The number of hydrogen-bond acceptors (Lipinski definition) is 4. The van der Waals surface area contributed by atoms with Gasteiger partial charge in [-0.1, -0.05) is 0 Å². The molecule has 0 bridgehead atoms. The Hall–Kier alpha value is -0.200. The van der Waals surface area contributed by atoms with Crippen molar-refractivity contribution in [1.29, 1.82) is 0 Å². The number of hydrogen-bond donors (Lipinski definition) is 3. The van der Waals surface area contributed by atoms with Crippen LogP contribution in [0.2, 0.25) is 0 Å². The zero-order chi connectivity index (χ0) is 8.27. The van der Waals surface area contributed by atoms with Gasteiger partial charge in [0.2, 0.25) is 4.77 Å². The van der Waals surface area contributed by atoms with Crippen molar-refractivity contribution in [2.75, 3.05) is 5.75 Å². The molecule has 1 rings (SSSR count). The Morgan fingerprint density at radius 1 is 1.36 bits per heavy atom. The van der Waals surface area contributed by atoms with E-state index in [9.17, 15) is 0 Å². The molecule has 0 unspecified atom stereocenters. The molecule has 2 N–H and O–H groups in total. The minimum Gasteiger partial charge on any atom is -0.321 e. The van der Waals surface area contributed by atoms with Crippen molar-refractivity contribution in [3.05, 3.63) is 15.4 Å². The summed E-state index contributed by atoms with van der Waals surface area (Å²) in [4.78, 5) is 9.60. The SMILES string of the molecule is S=c1nc(CCS)[nH]c(=S)[nH]1. The third-order valence-corrected chi connectivity index (χ3v) is 1.68. The van der Waals surface area contributed by atoms with E-state index in [1.165, 1.54) is 0 Å². The lowest BCUT2D eigenvalue weighted by atomic mass is 10.5. The number of nitrogens with zero attached hydrogens (tertiary/aromatic N) is 1. The molecule has 0 saturated heterocycles. The van der Waals surface area contributed by atoms with E-state index in [0.29, 0.717) is 9.54 Å². The van der Waals surface area contributed by atoms with Crippen LogP contribution in [0.1, 0.15) is 5.82 Å². The molecular weight excluding hydrogens is 198 g/mol. The highest BCUT2D eigenvalue weighted by Crippen LogP contribution is 1.91. The largest absolute Gasteiger partial charge is 0.321 e. The third-order valence-electron chi connectivity index (χ3n) is 1.06. The first-order valence-corrected chi connectivity index (χ1v) is 4.47. The van der Waals surface area contributed by atoms with Gasteiger partial charge in [0.25, 0.3) is 0 Å².